The minimum absolute atomic E-state index is 0.0751. The second-order valence-corrected chi connectivity index (χ2v) is 14.5. The Morgan fingerprint density at radius 1 is 0.655 bits per heavy atom. The summed E-state index contributed by atoms with van der Waals surface area (Å²) in [5, 5.41) is 2.01. The molecule has 5 heteroatoms. The fraction of sp³-hybridized carbons (Fsp3) is 0.100. The molecule has 0 aliphatic heterocycles. The van der Waals surface area contributed by atoms with Crippen LogP contribution in [0.3, 0.4) is 0 Å². The molecule has 0 bridgehead atoms. The standard InChI is InChI=1S/C50H40N4O/c1-6-42-40(37-23-13-15-26-43(37)50(42,3)4)30-32(2)36-22-14-16-27-44(36)54(5)35-28-29-45-41(31-35)38-24-17-25-39(46(38)55-45)49-52-47(33-18-9-7-10-19-33)51-48(53-49)34-20-11-8-12-21-34/h6-31H,2H2,1,3-5H3/b40-30?,42-6+. The minimum Gasteiger partial charge on any atom is -0.455 e. The molecule has 9 rings (SSSR count). The number of hydrogen-bond acceptors (Lipinski definition) is 5. The van der Waals surface area contributed by atoms with Gasteiger partial charge in [-0.2, -0.15) is 0 Å². The zero-order valence-electron chi connectivity index (χ0n) is 31.4. The lowest BCUT2D eigenvalue weighted by Gasteiger charge is -2.24. The summed E-state index contributed by atoms with van der Waals surface area (Å²) in [4.78, 5) is 17.1. The first-order valence-electron chi connectivity index (χ1n) is 18.6. The highest BCUT2D eigenvalue weighted by Crippen LogP contribution is 2.50. The lowest BCUT2D eigenvalue weighted by atomic mass is 9.82. The van der Waals surface area contributed by atoms with Gasteiger partial charge in [0.25, 0.3) is 0 Å². The van der Waals surface area contributed by atoms with Gasteiger partial charge < -0.3 is 9.32 Å². The summed E-state index contributed by atoms with van der Waals surface area (Å²) in [6, 6.07) is 49.8. The summed E-state index contributed by atoms with van der Waals surface area (Å²) < 4.78 is 6.63. The van der Waals surface area contributed by atoms with Crippen LogP contribution in [0.1, 0.15) is 37.5 Å². The Hall–Kier alpha value is -6.85. The predicted molar refractivity (Wildman–Crippen MR) is 228 cm³/mol. The van der Waals surface area contributed by atoms with Crippen LogP contribution in [-0.2, 0) is 5.41 Å². The molecule has 0 spiro atoms. The van der Waals surface area contributed by atoms with Crippen LogP contribution in [0.5, 0.6) is 0 Å². The summed E-state index contributed by atoms with van der Waals surface area (Å²) in [5.41, 5.74) is 13.4. The third-order valence-corrected chi connectivity index (χ3v) is 10.9. The summed E-state index contributed by atoms with van der Waals surface area (Å²) >= 11 is 0. The second-order valence-electron chi connectivity index (χ2n) is 14.5. The third kappa shape index (κ3) is 5.85. The molecular formula is C50H40N4O. The Labute approximate surface area is 321 Å². The molecule has 0 atom stereocenters. The average molecular weight is 713 g/mol. The molecule has 266 valence electrons. The van der Waals surface area contributed by atoms with Gasteiger partial charge in [-0.1, -0.05) is 142 Å². The maximum Gasteiger partial charge on any atom is 0.167 e. The summed E-state index contributed by atoms with van der Waals surface area (Å²) in [5.74, 6) is 1.78. The molecule has 8 aromatic rings. The minimum atomic E-state index is -0.0751. The molecule has 55 heavy (non-hydrogen) atoms. The van der Waals surface area contributed by atoms with E-state index in [0.717, 1.165) is 61.1 Å². The van der Waals surface area contributed by atoms with Crippen LogP contribution in [0, 0.1) is 0 Å². The van der Waals surface area contributed by atoms with Crippen molar-refractivity contribution in [1.82, 2.24) is 15.0 Å². The fourth-order valence-electron chi connectivity index (χ4n) is 8.09. The molecule has 2 aromatic heterocycles. The summed E-state index contributed by atoms with van der Waals surface area (Å²) in [6.45, 7) is 11.4. The first kappa shape index (κ1) is 34.0. The normalized spacial score (nSPS) is 14.8. The van der Waals surface area contributed by atoms with Crippen molar-refractivity contribution in [2.75, 3.05) is 11.9 Å². The van der Waals surface area contributed by atoms with E-state index in [2.05, 4.69) is 124 Å². The van der Waals surface area contributed by atoms with Gasteiger partial charge in [0, 0.05) is 51.3 Å². The first-order valence-corrected chi connectivity index (χ1v) is 18.6. The highest BCUT2D eigenvalue weighted by atomic mass is 16.3. The van der Waals surface area contributed by atoms with Crippen LogP contribution in [-0.4, -0.2) is 22.0 Å². The maximum atomic E-state index is 6.63. The number of fused-ring (bicyclic) bond motifs is 4. The number of anilines is 2. The number of furan rings is 1. The van der Waals surface area contributed by atoms with E-state index >= 15 is 0 Å². The summed E-state index contributed by atoms with van der Waals surface area (Å²) in [6.07, 6.45) is 4.51. The van der Waals surface area contributed by atoms with Crippen molar-refractivity contribution >= 4 is 44.5 Å². The smallest absolute Gasteiger partial charge is 0.167 e. The van der Waals surface area contributed by atoms with E-state index in [9.17, 15) is 0 Å². The molecule has 6 aromatic carbocycles. The number of nitrogens with zero attached hydrogens (tertiary/aromatic N) is 4. The molecule has 0 saturated heterocycles. The van der Waals surface area contributed by atoms with Crippen molar-refractivity contribution in [1.29, 1.82) is 0 Å². The maximum absolute atomic E-state index is 6.63. The molecule has 0 radical (unpaired) electrons. The van der Waals surface area contributed by atoms with Gasteiger partial charge >= 0.3 is 0 Å². The number of rotatable bonds is 7. The van der Waals surface area contributed by atoms with Gasteiger partial charge in [-0.3, -0.25) is 0 Å². The number of para-hydroxylation sites is 2. The Morgan fingerprint density at radius 3 is 1.98 bits per heavy atom. The molecule has 1 aliphatic carbocycles. The number of allylic oxidation sites excluding steroid dienone is 5. The van der Waals surface area contributed by atoms with E-state index in [1.54, 1.807) is 0 Å². The molecule has 0 unspecified atom stereocenters. The van der Waals surface area contributed by atoms with E-state index in [1.165, 1.54) is 22.3 Å². The Balaban J connectivity index is 1.11. The monoisotopic (exact) mass is 712 g/mol. The zero-order chi connectivity index (χ0) is 37.7. The van der Waals surface area contributed by atoms with E-state index in [-0.39, 0.29) is 5.41 Å². The molecule has 2 heterocycles. The third-order valence-electron chi connectivity index (χ3n) is 10.9. The van der Waals surface area contributed by atoms with Crippen molar-refractivity contribution in [2.45, 2.75) is 26.2 Å². The summed E-state index contributed by atoms with van der Waals surface area (Å²) in [7, 11) is 2.11. The lowest BCUT2D eigenvalue weighted by molar-refractivity contribution is 0.659. The number of aromatic nitrogens is 3. The molecule has 0 saturated carbocycles. The SMILES string of the molecule is C=C(C=C1/C(=C\C)C(C)(C)c2ccccc21)c1ccccc1N(C)c1ccc2oc3c(-c4nc(-c5ccccc5)nc(-c5ccccc5)n4)cccc3c2c1. The molecule has 1 aliphatic rings. The Kier molecular flexibility index (Phi) is 8.35. The van der Waals surface area contributed by atoms with Crippen LogP contribution < -0.4 is 4.90 Å². The van der Waals surface area contributed by atoms with Gasteiger partial charge in [0.1, 0.15) is 11.2 Å². The second kappa shape index (κ2) is 13.5. The van der Waals surface area contributed by atoms with Crippen molar-refractivity contribution in [2.24, 2.45) is 0 Å². The van der Waals surface area contributed by atoms with Gasteiger partial charge in [0.15, 0.2) is 17.5 Å². The van der Waals surface area contributed by atoms with Gasteiger partial charge in [-0.15, -0.1) is 0 Å². The highest BCUT2D eigenvalue weighted by Gasteiger charge is 2.37. The quantitative estimate of drug-likeness (QED) is 0.165. The fourth-order valence-corrected chi connectivity index (χ4v) is 8.09. The molecule has 0 N–H and O–H groups in total. The highest BCUT2D eigenvalue weighted by molar-refractivity contribution is 6.10. The van der Waals surface area contributed by atoms with Crippen LogP contribution in [0.15, 0.2) is 174 Å². The predicted octanol–water partition coefficient (Wildman–Crippen LogP) is 12.9. The van der Waals surface area contributed by atoms with Crippen LogP contribution in [0.4, 0.5) is 11.4 Å². The van der Waals surface area contributed by atoms with Crippen LogP contribution in [0.25, 0.3) is 67.2 Å². The zero-order valence-corrected chi connectivity index (χ0v) is 31.4. The van der Waals surface area contributed by atoms with Gasteiger partial charge in [-0.05, 0) is 71.2 Å². The topological polar surface area (TPSA) is 55.1 Å². The molecular weight excluding hydrogens is 673 g/mol. The van der Waals surface area contributed by atoms with E-state index in [1.807, 2.05) is 72.8 Å². The van der Waals surface area contributed by atoms with Crippen molar-refractivity contribution in [3.8, 4) is 34.2 Å². The largest absolute Gasteiger partial charge is 0.455 e. The van der Waals surface area contributed by atoms with E-state index in [4.69, 9.17) is 19.4 Å². The Morgan fingerprint density at radius 2 is 1.27 bits per heavy atom. The van der Waals surface area contributed by atoms with Crippen molar-refractivity contribution in [3.05, 3.63) is 187 Å². The van der Waals surface area contributed by atoms with E-state index < -0.39 is 0 Å². The van der Waals surface area contributed by atoms with Crippen LogP contribution in [0.2, 0.25) is 0 Å². The van der Waals surface area contributed by atoms with Crippen molar-refractivity contribution in [3.63, 3.8) is 0 Å². The molecule has 5 nitrogen and oxygen atoms in total. The average Bonchev–Trinajstić information content (AvgIpc) is 3.71. The molecule has 0 amide bonds. The number of benzene rings is 6. The number of hydrogen-bond donors (Lipinski definition) is 0. The van der Waals surface area contributed by atoms with Gasteiger partial charge in [0.2, 0.25) is 0 Å². The van der Waals surface area contributed by atoms with Crippen LogP contribution >= 0.6 is 0 Å². The van der Waals surface area contributed by atoms with Gasteiger partial charge in [0.05, 0.1) is 5.56 Å². The van der Waals surface area contributed by atoms with E-state index in [0.29, 0.717) is 17.5 Å². The lowest BCUT2D eigenvalue weighted by Crippen LogP contribution is -2.14. The Bertz CT molecular complexity index is 2770. The molecule has 0 fully saturated rings. The van der Waals surface area contributed by atoms with Crippen molar-refractivity contribution < 1.29 is 4.42 Å². The van der Waals surface area contributed by atoms with Gasteiger partial charge in [-0.25, -0.2) is 15.0 Å². The first-order chi connectivity index (χ1) is 26.8.